The van der Waals surface area contributed by atoms with Crippen LogP contribution >= 0.6 is 11.8 Å². The van der Waals surface area contributed by atoms with Crippen LogP contribution < -0.4 is 11.1 Å². The fourth-order valence-electron chi connectivity index (χ4n) is 1.39. The number of carbonyl (C=O) groups excluding carboxylic acids is 1. The zero-order valence-corrected chi connectivity index (χ0v) is 10.1. The highest BCUT2D eigenvalue weighted by molar-refractivity contribution is 7.98. The Balaban J connectivity index is 2.67. The smallest absolute Gasteiger partial charge is 0.219 e. The Morgan fingerprint density at radius 2 is 2.31 bits per heavy atom. The van der Waals surface area contributed by atoms with E-state index in [1.54, 1.807) is 12.1 Å². The fraction of sp³-hybridized carbons (Fsp3) is 0.364. The molecule has 88 valence electrons. The third-order valence-corrected chi connectivity index (χ3v) is 2.84. The molecule has 3 nitrogen and oxygen atoms in total. The molecule has 1 unspecified atom stereocenters. The van der Waals surface area contributed by atoms with E-state index in [9.17, 15) is 9.18 Å². The number of anilines is 1. The van der Waals surface area contributed by atoms with Gasteiger partial charge in [0.05, 0.1) is 0 Å². The molecule has 3 N–H and O–H groups in total. The first-order valence-corrected chi connectivity index (χ1v) is 6.13. The van der Waals surface area contributed by atoms with Gasteiger partial charge in [-0.1, -0.05) is 0 Å². The predicted molar refractivity (Wildman–Crippen MR) is 65.1 cm³/mol. The van der Waals surface area contributed by atoms with E-state index in [1.165, 1.54) is 17.8 Å². The lowest BCUT2D eigenvalue weighted by Gasteiger charge is -2.14. The number of hydrogen-bond donors (Lipinski definition) is 2. The molecule has 0 aliphatic rings. The largest absolute Gasteiger partial charge is 0.382 e. The van der Waals surface area contributed by atoms with Crippen molar-refractivity contribution in [1.82, 2.24) is 0 Å². The van der Waals surface area contributed by atoms with Gasteiger partial charge in [-0.15, -0.1) is 11.8 Å². The Labute approximate surface area is 98.6 Å². The summed E-state index contributed by atoms with van der Waals surface area (Å²) in [6.45, 7) is 1.82. The molecule has 1 aromatic rings. The van der Waals surface area contributed by atoms with E-state index in [0.717, 1.165) is 0 Å². The Morgan fingerprint density at radius 1 is 1.62 bits per heavy atom. The summed E-state index contributed by atoms with van der Waals surface area (Å²) in [5.41, 5.74) is 5.72. The molecule has 5 heteroatoms. The molecule has 0 fully saturated rings. The van der Waals surface area contributed by atoms with Gasteiger partial charge in [-0.25, -0.2) is 4.39 Å². The second kappa shape index (κ2) is 5.75. The molecule has 1 rings (SSSR count). The number of halogens is 1. The number of carbonyl (C=O) groups is 1. The van der Waals surface area contributed by atoms with Crippen molar-refractivity contribution in [2.45, 2.75) is 24.3 Å². The van der Waals surface area contributed by atoms with Gasteiger partial charge in [0.25, 0.3) is 0 Å². The molecule has 0 saturated heterocycles. The van der Waals surface area contributed by atoms with Crippen molar-refractivity contribution < 1.29 is 9.18 Å². The highest BCUT2D eigenvalue weighted by Crippen LogP contribution is 2.22. The first-order valence-electron chi connectivity index (χ1n) is 4.91. The summed E-state index contributed by atoms with van der Waals surface area (Å²) in [5, 5.41) is 3.02. The standard InChI is InChI=1S/C11H15FN2OS/c1-7(5-11(13)15)14-8-3-4-10(16-2)9(12)6-8/h3-4,6-7,14H,5H2,1-2H3,(H2,13,15). The molecule has 0 radical (unpaired) electrons. The quantitative estimate of drug-likeness (QED) is 0.778. The molecular formula is C11H15FN2OS. The molecule has 1 amide bonds. The monoisotopic (exact) mass is 242 g/mol. The lowest BCUT2D eigenvalue weighted by Crippen LogP contribution is -2.23. The first-order chi connectivity index (χ1) is 7.52. The molecule has 16 heavy (non-hydrogen) atoms. The molecular weight excluding hydrogens is 227 g/mol. The maximum atomic E-state index is 13.4. The van der Waals surface area contributed by atoms with Crippen LogP contribution in [0.3, 0.4) is 0 Å². The Kier molecular flexibility index (Phi) is 4.61. The highest BCUT2D eigenvalue weighted by atomic mass is 32.2. The van der Waals surface area contributed by atoms with Gasteiger partial charge in [0, 0.05) is 23.0 Å². The van der Waals surface area contributed by atoms with Crippen molar-refractivity contribution >= 4 is 23.4 Å². The number of nitrogens with two attached hydrogens (primary N) is 1. The van der Waals surface area contributed by atoms with Crippen LogP contribution in [0.5, 0.6) is 0 Å². The minimum absolute atomic E-state index is 0.1000. The molecule has 0 aromatic heterocycles. The van der Waals surface area contributed by atoms with Gasteiger partial charge in [0.2, 0.25) is 5.91 Å². The lowest BCUT2D eigenvalue weighted by molar-refractivity contribution is -0.118. The molecule has 0 saturated carbocycles. The summed E-state index contributed by atoms with van der Waals surface area (Å²) >= 11 is 1.36. The number of primary amides is 1. The van der Waals surface area contributed by atoms with Crippen LogP contribution in [0.1, 0.15) is 13.3 Å². The van der Waals surface area contributed by atoms with Crippen molar-refractivity contribution in [2.75, 3.05) is 11.6 Å². The van der Waals surface area contributed by atoms with Crippen molar-refractivity contribution in [1.29, 1.82) is 0 Å². The maximum Gasteiger partial charge on any atom is 0.219 e. The highest BCUT2D eigenvalue weighted by Gasteiger charge is 2.07. The van der Waals surface area contributed by atoms with Gasteiger partial charge in [-0.3, -0.25) is 4.79 Å². The minimum atomic E-state index is -0.374. The van der Waals surface area contributed by atoms with E-state index in [4.69, 9.17) is 5.73 Å². The number of nitrogens with one attached hydrogen (secondary N) is 1. The molecule has 0 heterocycles. The topological polar surface area (TPSA) is 55.1 Å². The van der Waals surface area contributed by atoms with E-state index in [0.29, 0.717) is 10.6 Å². The molecule has 0 aliphatic carbocycles. The first kappa shape index (κ1) is 12.8. The van der Waals surface area contributed by atoms with Gasteiger partial charge in [-0.2, -0.15) is 0 Å². The number of thioether (sulfide) groups is 1. The molecule has 0 bridgehead atoms. The summed E-state index contributed by atoms with van der Waals surface area (Å²) in [6.07, 6.45) is 2.05. The van der Waals surface area contributed by atoms with Gasteiger partial charge in [0.1, 0.15) is 5.82 Å². The van der Waals surface area contributed by atoms with Gasteiger partial charge in [-0.05, 0) is 31.4 Å². The van der Waals surface area contributed by atoms with Crippen molar-refractivity contribution in [2.24, 2.45) is 5.73 Å². The third kappa shape index (κ3) is 3.73. The van der Waals surface area contributed by atoms with Crippen LogP contribution in [0.2, 0.25) is 0 Å². The van der Waals surface area contributed by atoms with Gasteiger partial charge >= 0.3 is 0 Å². The Hall–Kier alpha value is -1.23. The summed E-state index contributed by atoms with van der Waals surface area (Å²) in [7, 11) is 0. The minimum Gasteiger partial charge on any atom is -0.382 e. The Bertz CT molecular complexity index is 384. The second-order valence-corrected chi connectivity index (χ2v) is 4.41. The van der Waals surface area contributed by atoms with E-state index >= 15 is 0 Å². The second-order valence-electron chi connectivity index (χ2n) is 3.57. The summed E-state index contributed by atoms with van der Waals surface area (Å²) < 4.78 is 13.4. The van der Waals surface area contributed by atoms with Crippen LogP contribution in [0.4, 0.5) is 10.1 Å². The van der Waals surface area contributed by atoms with E-state index in [2.05, 4.69) is 5.32 Å². The van der Waals surface area contributed by atoms with Crippen LogP contribution in [-0.4, -0.2) is 18.2 Å². The molecule has 1 aromatic carbocycles. The molecule has 0 aliphatic heterocycles. The number of hydrogen-bond acceptors (Lipinski definition) is 3. The van der Waals surface area contributed by atoms with E-state index in [-0.39, 0.29) is 24.2 Å². The van der Waals surface area contributed by atoms with Crippen molar-refractivity contribution in [3.05, 3.63) is 24.0 Å². The number of amides is 1. The zero-order valence-electron chi connectivity index (χ0n) is 9.29. The number of rotatable bonds is 5. The van der Waals surface area contributed by atoms with Crippen molar-refractivity contribution in [3.63, 3.8) is 0 Å². The van der Waals surface area contributed by atoms with Gasteiger partial charge < -0.3 is 11.1 Å². The SMILES string of the molecule is CSc1ccc(NC(C)CC(N)=O)cc1F. The van der Waals surface area contributed by atoms with E-state index in [1.807, 2.05) is 13.2 Å². The lowest BCUT2D eigenvalue weighted by atomic mass is 10.2. The number of benzene rings is 1. The van der Waals surface area contributed by atoms with Crippen LogP contribution in [0.15, 0.2) is 23.1 Å². The maximum absolute atomic E-state index is 13.4. The molecule has 0 spiro atoms. The molecule has 1 atom stereocenters. The fourth-order valence-corrected chi connectivity index (χ4v) is 1.85. The Morgan fingerprint density at radius 3 is 2.81 bits per heavy atom. The zero-order chi connectivity index (χ0) is 12.1. The van der Waals surface area contributed by atoms with Crippen LogP contribution in [-0.2, 0) is 4.79 Å². The predicted octanol–water partition coefficient (Wildman–Crippen LogP) is 2.22. The third-order valence-electron chi connectivity index (χ3n) is 2.07. The van der Waals surface area contributed by atoms with E-state index < -0.39 is 0 Å². The average molecular weight is 242 g/mol. The summed E-state index contributed by atoms with van der Waals surface area (Å²) in [4.78, 5) is 11.3. The normalized spacial score (nSPS) is 12.2. The van der Waals surface area contributed by atoms with Crippen LogP contribution in [0, 0.1) is 5.82 Å². The average Bonchev–Trinajstić information content (AvgIpc) is 2.16. The summed E-state index contributed by atoms with van der Waals surface area (Å²) in [5.74, 6) is -0.634. The van der Waals surface area contributed by atoms with Crippen LogP contribution in [0.25, 0.3) is 0 Å². The van der Waals surface area contributed by atoms with Crippen molar-refractivity contribution in [3.8, 4) is 0 Å². The van der Waals surface area contributed by atoms with Gasteiger partial charge in [0.15, 0.2) is 0 Å². The summed E-state index contributed by atoms with van der Waals surface area (Å²) in [6, 6.07) is 4.81.